The second-order valence-corrected chi connectivity index (χ2v) is 4.01. The first-order valence-corrected chi connectivity index (χ1v) is 5.80. The molecule has 94 valence electrons. The summed E-state index contributed by atoms with van der Waals surface area (Å²) in [6.07, 6.45) is 1.96. The molecule has 1 nitrogen and oxygen atoms in total. The largest absolute Gasteiger partial charge is 0.499 e. The maximum Gasteiger partial charge on any atom is 0.162 e. The monoisotopic (exact) mass is 240 g/mol. The highest BCUT2D eigenvalue weighted by atomic mass is 19.2. The number of benzene rings is 1. The molecule has 0 aliphatic heterocycles. The molecule has 1 rings (SSSR count). The van der Waals surface area contributed by atoms with E-state index in [1.165, 1.54) is 6.07 Å². The summed E-state index contributed by atoms with van der Waals surface area (Å²) in [5.74, 6) is -0.819. The molecule has 0 aliphatic rings. The van der Waals surface area contributed by atoms with Crippen LogP contribution < -0.4 is 0 Å². The van der Waals surface area contributed by atoms with Crippen LogP contribution in [0.3, 0.4) is 0 Å². The molecule has 0 saturated heterocycles. The summed E-state index contributed by atoms with van der Waals surface area (Å²) in [6.45, 7) is 7.79. The van der Waals surface area contributed by atoms with Gasteiger partial charge in [0.15, 0.2) is 11.6 Å². The summed E-state index contributed by atoms with van der Waals surface area (Å²) in [7, 11) is 0. The third kappa shape index (κ3) is 3.84. The quantitative estimate of drug-likeness (QED) is 0.539. The van der Waals surface area contributed by atoms with Crippen LogP contribution in [-0.4, -0.2) is 6.61 Å². The maximum absolute atomic E-state index is 13.5. The first kappa shape index (κ1) is 13.7. The molecule has 0 atom stereocenters. The highest BCUT2D eigenvalue weighted by Gasteiger charge is 2.11. The molecule has 0 fully saturated rings. The zero-order valence-corrected chi connectivity index (χ0v) is 10.4. The molecule has 1 aromatic carbocycles. The predicted octanol–water partition coefficient (Wildman–Crippen LogP) is 4.01. The summed E-state index contributed by atoms with van der Waals surface area (Å²) >= 11 is 0. The van der Waals surface area contributed by atoms with Crippen LogP contribution in [0.1, 0.15) is 31.4 Å². The van der Waals surface area contributed by atoms with Crippen LogP contribution in [-0.2, 0) is 17.6 Å². The molecular formula is C14H18F2O. The molecule has 0 bridgehead atoms. The van der Waals surface area contributed by atoms with E-state index in [0.717, 1.165) is 12.0 Å². The average molecular weight is 240 g/mol. The summed E-state index contributed by atoms with van der Waals surface area (Å²) in [5, 5.41) is 0. The molecule has 0 N–H and O–H groups in total. The maximum atomic E-state index is 13.5. The Balaban J connectivity index is 2.65. The lowest BCUT2D eigenvalue weighted by molar-refractivity contribution is 0.212. The summed E-state index contributed by atoms with van der Waals surface area (Å²) in [4.78, 5) is 0. The van der Waals surface area contributed by atoms with Crippen LogP contribution in [0.15, 0.2) is 24.5 Å². The van der Waals surface area contributed by atoms with Gasteiger partial charge in [0, 0.05) is 0 Å². The molecule has 17 heavy (non-hydrogen) atoms. The van der Waals surface area contributed by atoms with Crippen molar-refractivity contribution in [2.24, 2.45) is 0 Å². The Morgan fingerprint density at radius 1 is 1.35 bits per heavy atom. The second kappa shape index (κ2) is 6.38. The third-order valence-corrected chi connectivity index (χ3v) is 2.59. The van der Waals surface area contributed by atoms with E-state index in [1.807, 2.05) is 6.92 Å². The standard InChI is InChI=1S/C14H18F2O/c1-4-12-11(6-5-9-17-10(2)3)7-8-13(15)14(12)16/h7-8H,2,4-6,9H2,1,3H3. The van der Waals surface area contributed by atoms with E-state index in [2.05, 4.69) is 6.58 Å². The fraction of sp³-hybridized carbons (Fsp3) is 0.429. The Hall–Kier alpha value is -1.38. The zero-order valence-electron chi connectivity index (χ0n) is 10.4. The van der Waals surface area contributed by atoms with Crippen molar-refractivity contribution in [2.45, 2.75) is 33.1 Å². The first-order valence-electron chi connectivity index (χ1n) is 5.80. The second-order valence-electron chi connectivity index (χ2n) is 4.01. The molecule has 0 amide bonds. The van der Waals surface area contributed by atoms with Gasteiger partial charge in [-0.05, 0) is 43.4 Å². The minimum absolute atomic E-state index is 0.473. The van der Waals surface area contributed by atoms with Crippen LogP contribution in [0.4, 0.5) is 8.78 Å². The van der Waals surface area contributed by atoms with Crippen LogP contribution in [0.25, 0.3) is 0 Å². The van der Waals surface area contributed by atoms with Crippen molar-refractivity contribution in [3.05, 3.63) is 47.2 Å². The highest BCUT2D eigenvalue weighted by molar-refractivity contribution is 5.29. The van der Waals surface area contributed by atoms with Gasteiger partial charge in [-0.2, -0.15) is 0 Å². The molecule has 1 aromatic rings. The number of hydrogen-bond acceptors (Lipinski definition) is 1. The normalized spacial score (nSPS) is 10.4. The third-order valence-electron chi connectivity index (χ3n) is 2.59. The van der Waals surface area contributed by atoms with Crippen molar-refractivity contribution < 1.29 is 13.5 Å². The number of rotatable bonds is 6. The minimum atomic E-state index is -0.774. The van der Waals surface area contributed by atoms with Gasteiger partial charge >= 0.3 is 0 Å². The van der Waals surface area contributed by atoms with Crippen LogP contribution in [0.5, 0.6) is 0 Å². The minimum Gasteiger partial charge on any atom is -0.499 e. The number of aryl methyl sites for hydroxylation is 1. The lowest BCUT2D eigenvalue weighted by Crippen LogP contribution is -2.02. The van der Waals surface area contributed by atoms with Crippen LogP contribution >= 0.6 is 0 Å². The van der Waals surface area contributed by atoms with Crippen molar-refractivity contribution in [3.8, 4) is 0 Å². The van der Waals surface area contributed by atoms with Crippen molar-refractivity contribution >= 4 is 0 Å². The smallest absolute Gasteiger partial charge is 0.162 e. The van der Waals surface area contributed by atoms with Gasteiger partial charge in [-0.15, -0.1) is 0 Å². The van der Waals surface area contributed by atoms with Gasteiger partial charge in [-0.25, -0.2) is 8.78 Å². The Morgan fingerprint density at radius 2 is 2.06 bits per heavy atom. The van der Waals surface area contributed by atoms with Gasteiger partial charge in [-0.3, -0.25) is 0 Å². The Bertz CT molecular complexity index is 399. The summed E-state index contributed by atoms with van der Waals surface area (Å²) in [6, 6.07) is 2.83. The predicted molar refractivity (Wildman–Crippen MR) is 64.8 cm³/mol. The summed E-state index contributed by atoms with van der Waals surface area (Å²) in [5.41, 5.74) is 1.33. The highest BCUT2D eigenvalue weighted by Crippen LogP contribution is 2.19. The van der Waals surface area contributed by atoms with Crippen molar-refractivity contribution in [1.29, 1.82) is 0 Å². The van der Waals surface area contributed by atoms with Gasteiger partial charge in [0.05, 0.1) is 12.4 Å². The van der Waals surface area contributed by atoms with Crippen molar-refractivity contribution in [2.75, 3.05) is 6.61 Å². The summed E-state index contributed by atoms with van der Waals surface area (Å²) < 4.78 is 31.7. The van der Waals surface area contributed by atoms with E-state index in [4.69, 9.17) is 4.74 Å². The SMILES string of the molecule is C=C(C)OCCCc1ccc(F)c(F)c1CC. The first-order chi connectivity index (χ1) is 8.06. The van der Waals surface area contributed by atoms with E-state index < -0.39 is 11.6 Å². The van der Waals surface area contributed by atoms with E-state index in [1.54, 1.807) is 13.0 Å². The zero-order chi connectivity index (χ0) is 12.8. The van der Waals surface area contributed by atoms with Gasteiger partial charge in [0.1, 0.15) is 0 Å². The number of ether oxygens (including phenoxy) is 1. The van der Waals surface area contributed by atoms with Gasteiger partial charge in [-0.1, -0.05) is 19.6 Å². The Kier molecular flexibility index (Phi) is 5.13. The molecule has 0 spiro atoms. The average Bonchev–Trinajstić information content (AvgIpc) is 2.29. The molecular weight excluding hydrogens is 222 g/mol. The molecule has 0 heterocycles. The number of hydrogen-bond donors (Lipinski definition) is 0. The van der Waals surface area contributed by atoms with E-state index in [9.17, 15) is 8.78 Å². The molecule has 3 heteroatoms. The Labute approximate surface area is 101 Å². The fourth-order valence-electron chi connectivity index (χ4n) is 1.76. The van der Waals surface area contributed by atoms with E-state index in [0.29, 0.717) is 30.8 Å². The van der Waals surface area contributed by atoms with E-state index >= 15 is 0 Å². The lowest BCUT2D eigenvalue weighted by Gasteiger charge is -2.10. The fourth-order valence-corrected chi connectivity index (χ4v) is 1.76. The van der Waals surface area contributed by atoms with Crippen LogP contribution in [0, 0.1) is 11.6 Å². The van der Waals surface area contributed by atoms with Crippen molar-refractivity contribution in [1.82, 2.24) is 0 Å². The number of allylic oxidation sites excluding steroid dienone is 1. The van der Waals surface area contributed by atoms with Gasteiger partial charge < -0.3 is 4.74 Å². The number of halogens is 2. The van der Waals surface area contributed by atoms with E-state index in [-0.39, 0.29) is 0 Å². The van der Waals surface area contributed by atoms with Gasteiger partial charge in [0.2, 0.25) is 0 Å². The molecule has 0 saturated carbocycles. The molecule has 0 aliphatic carbocycles. The molecule has 0 unspecified atom stereocenters. The van der Waals surface area contributed by atoms with Crippen LogP contribution in [0.2, 0.25) is 0 Å². The molecule has 0 aromatic heterocycles. The Morgan fingerprint density at radius 3 is 2.65 bits per heavy atom. The molecule has 0 radical (unpaired) electrons. The van der Waals surface area contributed by atoms with Gasteiger partial charge in [0.25, 0.3) is 0 Å². The van der Waals surface area contributed by atoms with Crippen molar-refractivity contribution in [3.63, 3.8) is 0 Å². The topological polar surface area (TPSA) is 9.23 Å². The lowest BCUT2D eigenvalue weighted by atomic mass is 10.0.